The molecule has 0 unspecified atom stereocenters. The summed E-state index contributed by atoms with van der Waals surface area (Å²) in [5.41, 5.74) is 2.74. The number of hydrogen-bond donors (Lipinski definition) is 2. The first-order valence-corrected chi connectivity index (χ1v) is 9.54. The number of carbonyl (C=O) groups excluding carboxylic acids is 2. The Morgan fingerprint density at radius 2 is 1.82 bits per heavy atom. The fourth-order valence-corrected chi connectivity index (χ4v) is 3.48. The van der Waals surface area contributed by atoms with Crippen molar-refractivity contribution < 1.29 is 9.59 Å². The van der Waals surface area contributed by atoms with Gasteiger partial charge >= 0.3 is 0 Å². The Kier molecular flexibility index (Phi) is 5.28. The predicted octanol–water partition coefficient (Wildman–Crippen LogP) is 3.58. The molecule has 0 atom stereocenters. The molecule has 3 rings (SSSR count). The Labute approximate surface area is 167 Å². The van der Waals surface area contributed by atoms with Gasteiger partial charge in [-0.25, -0.2) is 4.68 Å². The van der Waals surface area contributed by atoms with Gasteiger partial charge in [-0.3, -0.25) is 9.59 Å². The smallest absolute Gasteiger partial charge is 0.266 e. The van der Waals surface area contributed by atoms with Crippen molar-refractivity contribution in [1.29, 1.82) is 0 Å². The highest BCUT2D eigenvalue weighted by Crippen LogP contribution is 2.29. The van der Waals surface area contributed by atoms with Gasteiger partial charge in [-0.05, 0) is 59.7 Å². The lowest BCUT2D eigenvalue weighted by molar-refractivity contribution is -0.123. The van der Waals surface area contributed by atoms with Crippen molar-refractivity contribution in [2.24, 2.45) is 5.41 Å². The van der Waals surface area contributed by atoms with Gasteiger partial charge in [0.25, 0.3) is 5.91 Å². The van der Waals surface area contributed by atoms with E-state index in [1.54, 1.807) is 10.7 Å². The molecule has 0 saturated carbocycles. The van der Waals surface area contributed by atoms with E-state index in [9.17, 15) is 9.59 Å². The molecule has 146 valence electrons. The average Bonchev–Trinajstić information content (AvgIpc) is 3.24. The molecule has 0 aliphatic heterocycles. The number of carbonyl (C=O) groups is 2. The minimum Gasteiger partial charge on any atom is -0.321 e. The fourth-order valence-electron chi connectivity index (χ4n) is 2.52. The number of thiophene rings is 1. The molecular formula is C19H22N6O2S. The van der Waals surface area contributed by atoms with Crippen molar-refractivity contribution in [3.8, 4) is 5.69 Å². The Balaban J connectivity index is 1.75. The second-order valence-corrected chi connectivity index (χ2v) is 8.59. The normalized spacial score (nSPS) is 11.3. The molecule has 0 aliphatic rings. The fraction of sp³-hybridized carbons (Fsp3) is 0.316. The minimum atomic E-state index is -0.501. The molecule has 0 radical (unpaired) electrons. The summed E-state index contributed by atoms with van der Waals surface area (Å²) >= 11 is 1.26. The maximum atomic E-state index is 12.7. The monoisotopic (exact) mass is 398 g/mol. The third kappa shape index (κ3) is 4.25. The van der Waals surface area contributed by atoms with Crippen LogP contribution in [0.4, 0.5) is 10.7 Å². The van der Waals surface area contributed by atoms with Crippen molar-refractivity contribution in [3.05, 3.63) is 46.6 Å². The predicted molar refractivity (Wildman–Crippen MR) is 109 cm³/mol. The molecule has 0 aliphatic carbocycles. The molecule has 2 aromatic heterocycles. The Morgan fingerprint density at radius 3 is 2.43 bits per heavy atom. The van der Waals surface area contributed by atoms with Crippen LogP contribution in [0.25, 0.3) is 5.69 Å². The van der Waals surface area contributed by atoms with E-state index in [4.69, 9.17) is 0 Å². The molecule has 2 amide bonds. The maximum absolute atomic E-state index is 12.7. The second kappa shape index (κ2) is 7.51. The Hall–Kier alpha value is -3.07. The summed E-state index contributed by atoms with van der Waals surface area (Å²) in [4.78, 5) is 25.4. The van der Waals surface area contributed by atoms with Gasteiger partial charge in [0.05, 0.1) is 15.6 Å². The number of aryl methyl sites for hydroxylation is 2. The van der Waals surface area contributed by atoms with E-state index in [-0.39, 0.29) is 11.8 Å². The zero-order chi connectivity index (χ0) is 20.5. The van der Waals surface area contributed by atoms with Gasteiger partial charge in [0.15, 0.2) is 0 Å². The van der Waals surface area contributed by atoms with E-state index in [1.807, 2.05) is 52.8 Å². The van der Waals surface area contributed by atoms with E-state index in [2.05, 4.69) is 26.2 Å². The van der Waals surface area contributed by atoms with Crippen molar-refractivity contribution in [2.45, 2.75) is 34.6 Å². The lowest BCUT2D eigenvalue weighted by Gasteiger charge is -2.16. The molecule has 2 N–H and O–H groups in total. The van der Waals surface area contributed by atoms with Crippen molar-refractivity contribution in [2.75, 3.05) is 10.6 Å². The molecule has 0 saturated heterocycles. The molecule has 0 fully saturated rings. The van der Waals surface area contributed by atoms with E-state index in [0.29, 0.717) is 15.6 Å². The van der Waals surface area contributed by atoms with Crippen molar-refractivity contribution >= 4 is 33.8 Å². The molecule has 2 heterocycles. The number of nitrogens with zero attached hydrogens (tertiary/aromatic N) is 4. The molecule has 28 heavy (non-hydrogen) atoms. The van der Waals surface area contributed by atoms with Crippen LogP contribution in [0, 0.1) is 19.3 Å². The van der Waals surface area contributed by atoms with Crippen molar-refractivity contribution in [3.63, 3.8) is 0 Å². The van der Waals surface area contributed by atoms with E-state index < -0.39 is 5.41 Å². The Morgan fingerprint density at radius 1 is 1.07 bits per heavy atom. The number of rotatable bonds is 4. The topological polar surface area (TPSA) is 102 Å². The summed E-state index contributed by atoms with van der Waals surface area (Å²) in [6.45, 7) is 9.31. The van der Waals surface area contributed by atoms with Crippen LogP contribution < -0.4 is 10.6 Å². The highest BCUT2D eigenvalue weighted by molar-refractivity contribution is 7.18. The number of aromatic nitrogens is 4. The second-order valence-electron chi connectivity index (χ2n) is 7.54. The van der Waals surface area contributed by atoms with Gasteiger partial charge in [0.1, 0.15) is 6.33 Å². The highest BCUT2D eigenvalue weighted by Gasteiger charge is 2.23. The molecule has 3 aromatic rings. The summed E-state index contributed by atoms with van der Waals surface area (Å²) in [5, 5.41) is 17.6. The lowest BCUT2D eigenvalue weighted by atomic mass is 9.96. The Bertz CT molecular complexity index is 1020. The largest absolute Gasteiger partial charge is 0.321 e. The molecular weight excluding hydrogens is 376 g/mol. The van der Waals surface area contributed by atoms with Crippen LogP contribution in [0.5, 0.6) is 0 Å². The molecule has 0 bridgehead atoms. The van der Waals surface area contributed by atoms with Crippen LogP contribution in [0.1, 0.15) is 41.6 Å². The first-order chi connectivity index (χ1) is 13.1. The number of hydrogen-bond acceptors (Lipinski definition) is 6. The van der Waals surface area contributed by atoms with Gasteiger partial charge in [-0.15, -0.1) is 16.4 Å². The standard InChI is InChI=1S/C19H22N6O2S/c1-11-8-13(6-7-14(11)25-10-20-23-24-25)21-17(26)16-12(2)9-15(28-16)22-18(27)19(3,4)5/h6-10H,1-5H3,(H,21,26)(H,22,27). The van der Waals surface area contributed by atoms with Crippen molar-refractivity contribution in [1.82, 2.24) is 20.2 Å². The molecule has 1 aromatic carbocycles. The van der Waals surface area contributed by atoms with Crippen LogP contribution in [0.15, 0.2) is 30.6 Å². The van der Waals surface area contributed by atoms with Gasteiger partial charge in [0, 0.05) is 11.1 Å². The minimum absolute atomic E-state index is 0.0884. The average molecular weight is 398 g/mol. The highest BCUT2D eigenvalue weighted by atomic mass is 32.1. The number of anilines is 2. The maximum Gasteiger partial charge on any atom is 0.266 e. The summed E-state index contributed by atoms with van der Waals surface area (Å²) in [7, 11) is 0. The van der Waals surface area contributed by atoms with E-state index in [1.165, 1.54) is 17.7 Å². The summed E-state index contributed by atoms with van der Waals surface area (Å²) in [6.07, 6.45) is 1.52. The van der Waals surface area contributed by atoms with Crippen LogP contribution >= 0.6 is 11.3 Å². The quantitative estimate of drug-likeness (QED) is 0.699. The molecule has 9 heteroatoms. The summed E-state index contributed by atoms with van der Waals surface area (Å²) in [6, 6.07) is 7.32. The van der Waals surface area contributed by atoms with Crippen LogP contribution in [-0.4, -0.2) is 32.0 Å². The number of nitrogens with one attached hydrogen (secondary N) is 2. The SMILES string of the molecule is Cc1cc(NC(=O)c2sc(NC(=O)C(C)(C)C)cc2C)ccc1-n1cnnn1. The summed E-state index contributed by atoms with van der Waals surface area (Å²) in [5.74, 6) is -0.303. The van der Waals surface area contributed by atoms with Crippen LogP contribution in [0.3, 0.4) is 0 Å². The first kappa shape index (κ1) is 19.7. The molecule has 8 nitrogen and oxygen atoms in total. The van der Waals surface area contributed by atoms with Gasteiger partial charge in [-0.1, -0.05) is 20.8 Å². The van der Waals surface area contributed by atoms with Crippen LogP contribution in [0.2, 0.25) is 0 Å². The first-order valence-electron chi connectivity index (χ1n) is 8.72. The van der Waals surface area contributed by atoms with Gasteiger partial charge < -0.3 is 10.6 Å². The van der Waals surface area contributed by atoms with E-state index >= 15 is 0 Å². The third-order valence-corrected chi connectivity index (χ3v) is 5.24. The summed E-state index contributed by atoms with van der Waals surface area (Å²) < 4.78 is 1.56. The number of tetrazole rings is 1. The van der Waals surface area contributed by atoms with E-state index in [0.717, 1.165) is 16.8 Å². The number of benzene rings is 1. The zero-order valence-corrected chi connectivity index (χ0v) is 17.2. The number of amides is 2. The van der Waals surface area contributed by atoms with Gasteiger partial charge in [0.2, 0.25) is 5.91 Å². The zero-order valence-electron chi connectivity index (χ0n) is 16.4. The third-order valence-electron chi connectivity index (χ3n) is 4.09. The van der Waals surface area contributed by atoms with Gasteiger partial charge in [-0.2, -0.15) is 0 Å². The molecule has 0 spiro atoms. The van der Waals surface area contributed by atoms with Crippen LogP contribution in [-0.2, 0) is 4.79 Å². The lowest BCUT2D eigenvalue weighted by Crippen LogP contribution is -2.27.